The van der Waals surface area contributed by atoms with Gasteiger partial charge in [-0.3, -0.25) is 14.7 Å². The van der Waals surface area contributed by atoms with Gasteiger partial charge in [0.25, 0.3) is 10.0 Å². The minimum absolute atomic E-state index is 0.168. The molecule has 0 unspecified atom stereocenters. The van der Waals surface area contributed by atoms with E-state index in [2.05, 4.69) is 26.5 Å². The average molecular weight is 443 g/mol. The number of anilines is 2. The molecule has 2 heterocycles. The van der Waals surface area contributed by atoms with Crippen LogP contribution in [0.25, 0.3) is 10.9 Å². The SMILES string of the molecule is Cc1ccc2cccnc2c1S(=O)(=O)Nc1ccccc1C#Cc1cncc(N(C)C)c1. The number of aromatic nitrogens is 2. The van der Waals surface area contributed by atoms with Crippen molar-refractivity contribution >= 4 is 32.3 Å². The van der Waals surface area contributed by atoms with E-state index in [1.54, 1.807) is 55.8 Å². The van der Waals surface area contributed by atoms with Crippen LogP contribution in [-0.4, -0.2) is 32.5 Å². The third kappa shape index (κ3) is 4.41. The summed E-state index contributed by atoms with van der Waals surface area (Å²) in [6, 6.07) is 16.3. The van der Waals surface area contributed by atoms with Crippen molar-refractivity contribution < 1.29 is 8.42 Å². The van der Waals surface area contributed by atoms with Crippen molar-refractivity contribution in [1.29, 1.82) is 0 Å². The molecule has 0 aliphatic rings. The highest BCUT2D eigenvalue weighted by atomic mass is 32.2. The summed E-state index contributed by atoms with van der Waals surface area (Å²) in [7, 11) is -0.0274. The quantitative estimate of drug-likeness (QED) is 0.480. The molecule has 6 nitrogen and oxygen atoms in total. The lowest BCUT2D eigenvalue weighted by molar-refractivity contribution is 0.601. The number of benzene rings is 2. The van der Waals surface area contributed by atoms with Crippen molar-refractivity contribution in [1.82, 2.24) is 9.97 Å². The first-order chi connectivity index (χ1) is 15.3. The summed E-state index contributed by atoms with van der Waals surface area (Å²) in [5, 5.41) is 0.764. The molecule has 0 aliphatic heterocycles. The van der Waals surface area contributed by atoms with E-state index in [0.29, 0.717) is 22.3 Å². The van der Waals surface area contributed by atoms with Gasteiger partial charge in [0.1, 0.15) is 4.90 Å². The first-order valence-corrected chi connectivity index (χ1v) is 11.4. The van der Waals surface area contributed by atoms with Gasteiger partial charge >= 0.3 is 0 Å². The van der Waals surface area contributed by atoms with E-state index in [4.69, 9.17) is 0 Å². The fourth-order valence-electron chi connectivity index (χ4n) is 3.32. The van der Waals surface area contributed by atoms with Crippen molar-refractivity contribution in [3.05, 3.63) is 89.9 Å². The second-order valence-electron chi connectivity index (χ2n) is 7.51. The van der Waals surface area contributed by atoms with Crippen molar-refractivity contribution in [2.75, 3.05) is 23.7 Å². The van der Waals surface area contributed by atoms with Gasteiger partial charge in [0.2, 0.25) is 0 Å². The second-order valence-corrected chi connectivity index (χ2v) is 9.13. The number of pyridine rings is 2. The predicted octanol–water partition coefficient (Wildman–Crippen LogP) is 4.20. The number of para-hydroxylation sites is 1. The lowest BCUT2D eigenvalue weighted by Gasteiger charge is -2.13. The van der Waals surface area contributed by atoms with Gasteiger partial charge in [-0.25, -0.2) is 8.42 Å². The highest BCUT2D eigenvalue weighted by Gasteiger charge is 2.22. The number of sulfonamides is 1. The molecule has 160 valence electrons. The molecule has 0 atom stereocenters. The summed E-state index contributed by atoms with van der Waals surface area (Å²) < 4.78 is 29.4. The zero-order chi connectivity index (χ0) is 22.7. The molecule has 0 bridgehead atoms. The highest BCUT2D eigenvalue weighted by molar-refractivity contribution is 7.93. The Morgan fingerprint density at radius 3 is 2.59 bits per heavy atom. The van der Waals surface area contributed by atoms with Crippen LogP contribution in [0.3, 0.4) is 0 Å². The number of rotatable bonds is 4. The number of hydrogen-bond acceptors (Lipinski definition) is 5. The van der Waals surface area contributed by atoms with Gasteiger partial charge in [-0.1, -0.05) is 42.2 Å². The largest absolute Gasteiger partial charge is 0.376 e. The normalized spacial score (nSPS) is 11.0. The van der Waals surface area contributed by atoms with E-state index in [1.165, 1.54) is 0 Å². The van der Waals surface area contributed by atoms with Crippen LogP contribution in [0.4, 0.5) is 11.4 Å². The van der Waals surface area contributed by atoms with Crippen molar-refractivity contribution in [2.24, 2.45) is 0 Å². The molecule has 2 aromatic carbocycles. The molecule has 0 spiro atoms. The molecule has 0 saturated carbocycles. The van der Waals surface area contributed by atoms with E-state index in [0.717, 1.165) is 16.6 Å². The van der Waals surface area contributed by atoms with E-state index in [-0.39, 0.29) is 4.90 Å². The summed E-state index contributed by atoms with van der Waals surface area (Å²) in [6.45, 7) is 1.76. The van der Waals surface area contributed by atoms with Crippen LogP contribution in [-0.2, 0) is 10.0 Å². The number of aryl methyl sites for hydroxylation is 1. The molecule has 0 aliphatic carbocycles. The minimum Gasteiger partial charge on any atom is -0.376 e. The first-order valence-electron chi connectivity index (χ1n) is 9.96. The lowest BCUT2D eigenvalue weighted by Crippen LogP contribution is -2.16. The molecule has 4 aromatic rings. The molecule has 7 heteroatoms. The van der Waals surface area contributed by atoms with E-state index in [1.807, 2.05) is 43.3 Å². The number of fused-ring (bicyclic) bond motifs is 1. The minimum atomic E-state index is -3.89. The smallest absolute Gasteiger partial charge is 0.264 e. The number of nitrogens with one attached hydrogen (secondary N) is 1. The zero-order valence-electron chi connectivity index (χ0n) is 18.0. The van der Waals surface area contributed by atoms with Gasteiger partial charge in [0.05, 0.1) is 23.1 Å². The molecule has 4 rings (SSSR count). The maximum Gasteiger partial charge on any atom is 0.264 e. The van der Waals surface area contributed by atoms with Gasteiger partial charge in [0.15, 0.2) is 0 Å². The Labute approximate surface area is 188 Å². The molecule has 0 fully saturated rings. The highest BCUT2D eigenvalue weighted by Crippen LogP contribution is 2.27. The average Bonchev–Trinajstić information content (AvgIpc) is 2.78. The zero-order valence-corrected chi connectivity index (χ0v) is 18.8. The summed E-state index contributed by atoms with van der Waals surface area (Å²) in [6.07, 6.45) is 5.03. The number of nitrogens with zero attached hydrogens (tertiary/aromatic N) is 3. The Morgan fingerprint density at radius 2 is 1.78 bits per heavy atom. The Morgan fingerprint density at radius 1 is 0.969 bits per heavy atom. The van der Waals surface area contributed by atoms with E-state index >= 15 is 0 Å². The van der Waals surface area contributed by atoms with Gasteiger partial charge in [-0.2, -0.15) is 0 Å². The molecule has 0 radical (unpaired) electrons. The van der Waals surface area contributed by atoms with Crippen LogP contribution in [0.15, 0.2) is 78.1 Å². The van der Waals surface area contributed by atoms with Crippen LogP contribution in [0, 0.1) is 18.8 Å². The van der Waals surface area contributed by atoms with Crippen molar-refractivity contribution in [3.63, 3.8) is 0 Å². The molecule has 0 saturated heterocycles. The summed E-state index contributed by atoms with van der Waals surface area (Å²) in [5.74, 6) is 6.15. The van der Waals surface area contributed by atoms with Crippen LogP contribution in [0.1, 0.15) is 16.7 Å². The van der Waals surface area contributed by atoms with Crippen LogP contribution in [0.2, 0.25) is 0 Å². The molecular formula is C25H22N4O2S. The molecule has 0 amide bonds. The molecule has 2 aromatic heterocycles. The Kier molecular flexibility index (Phi) is 5.80. The Hall–Kier alpha value is -3.89. The Balaban J connectivity index is 1.72. The maximum absolute atomic E-state index is 13.4. The predicted molar refractivity (Wildman–Crippen MR) is 128 cm³/mol. The fraction of sp³-hybridized carbons (Fsp3) is 0.120. The van der Waals surface area contributed by atoms with Crippen molar-refractivity contribution in [2.45, 2.75) is 11.8 Å². The fourth-order valence-corrected chi connectivity index (χ4v) is 4.80. The van der Waals surface area contributed by atoms with E-state index < -0.39 is 10.0 Å². The van der Waals surface area contributed by atoms with Crippen LogP contribution < -0.4 is 9.62 Å². The third-order valence-electron chi connectivity index (χ3n) is 4.95. The standard InChI is InChI=1S/C25H22N4O2S/c1-18-10-12-21-8-6-14-27-24(21)25(18)32(30,31)28-23-9-5-4-7-20(23)13-11-19-15-22(29(2)3)17-26-16-19/h4-10,12,14-17,28H,1-3H3. The van der Waals surface area contributed by atoms with E-state index in [9.17, 15) is 8.42 Å². The maximum atomic E-state index is 13.4. The molecule has 1 N–H and O–H groups in total. The molecular weight excluding hydrogens is 420 g/mol. The second kappa shape index (κ2) is 8.69. The first kappa shape index (κ1) is 21.3. The summed E-state index contributed by atoms with van der Waals surface area (Å²) >= 11 is 0. The third-order valence-corrected chi connectivity index (χ3v) is 6.49. The van der Waals surface area contributed by atoms with Crippen LogP contribution >= 0.6 is 0 Å². The lowest BCUT2D eigenvalue weighted by atomic mass is 10.1. The van der Waals surface area contributed by atoms with Gasteiger partial charge in [-0.05, 0) is 36.8 Å². The number of hydrogen-bond donors (Lipinski definition) is 1. The van der Waals surface area contributed by atoms with Gasteiger partial charge in [0, 0.05) is 43.0 Å². The van der Waals surface area contributed by atoms with Gasteiger partial charge < -0.3 is 4.90 Å². The molecule has 32 heavy (non-hydrogen) atoms. The monoisotopic (exact) mass is 442 g/mol. The Bertz CT molecular complexity index is 1470. The summed E-state index contributed by atoms with van der Waals surface area (Å²) in [5.41, 5.74) is 3.71. The topological polar surface area (TPSA) is 75.2 Å². The van der Waals surface area contributed by atoms with Gasteiger partial charge in [-0.15, -0.1) is 0 Å². The van der Waals surface area contributed by atoms with Crippen molar-refractivity contribution in [3.8, 4) is 11.8 Å². The summed E-state index contributed by atoms with van der Waals surface area (Å²) in [4.78, 5) is 10.6. The van der Waals surface area contributed by atoms with Crippen LogP contribution in [0.5, 0.6) is 0 Å².